The first-order chi connectivity index (χ1) is 32.9. The third-order valence-corrected chi connectivity index (χ3v) is 13.0. The first kappa shape index (κ1) is 44.2. The number of aromatic nitrogens is 3. The molecular formula is C63H62N3OPt-. The minimum atomic E-state index is -2.51. The Kier molecular flexibility index (Phi) is 11.9. The van der Waals surface area contributed by atoms with E-state index < -0.39 is 6.85 Å². The maximum atomic E-state index is 11.8. The Labute approximate surface area is 422 Å². The van der Waals surface area contributed by atoms with E-state index >= 15 is 0 Å². The van der Waals surface area contributed by atoms with Crippen LogP contribution in [-0.4, -0.2) is 19.6 Å². The zero-order valence-corrected chi connectivity index (χ0v) is 43.3. The van der Waals surface area contributed by atoms with Gasteiger partial charge in [0, 0.05) is 37.1 Å². The monoisotopic (exact) mass is 1070 g/mol. The van der Waals surface area contributed by atoms with Crippen molar-refractivity contribution in [2.24, 2.45) is 0 Å². The molecule has 9 rings (SSSR count). The van der Waals surface area contributed by atoms with Crippen LogP contribution < -0.4 is 0 Å². The van der Waals surface area contributed by atoms with Crippen LogP contribution in [0.3, 0.4) is 0 Å². The molecule has 1 N–H and O–H groups in total. The summed E-state index contributed by atoms with van der Waals surface area (Å²) in [7, 11) is 0. The third-order valence-electron chi connectivity index (χ3n) is 13.0. The number of nitrogens with zero attached hydrogens (tertiary/aromatic N) is 3. The van der Waals surface area contributed by atoms with Crippen LogP contribution in [0.2, 0.25) is 0 Å². The number of hydrogen-bond acceptors (Lipinski definition) is 3. The number of rotatable bonds is 7. The summed E-state index contributed by atoms with van der Waals surface area (Å²) in [6, 6.07) is 53.6. The fourth-order valence-electron chi connectivity index (χ4n) is 8.97. The van der Waals surface area contributed by atoms with Crippen LogP contribution in [0.4, 0.5) is 0 Å². The minimum absolute atomic E-state index is 0. The molecule has 0 atom stereocenters. The van der Waals surface area contributed by atoms with Gasteiger partial charge in [0.25, 0.3) is 0 Å². The SMILES string of the molecule is [2H]C([2H])([2H])c1cc(-c2cc(C(C)(C)C)cc(C(C)(C)C)c2)ccc1-n1c(-c2cc(C)cc(C)c2O)nc2c(-c3[c-]c(-c4cc(-c5ccc(-c6ccccc6)cc5)ccn4)cc(C(C)(C)C)c3)cccc21.[Pt]. The number of aryl methyl sites for hydroxylation is 3. The van der Waals surface area contributed by atoms with E-state index in [1.807, 2.05) is 85.3 Å². The van der Waals surface area contributed by atoms with Gasteiger partial charge < -0.3 is 5.11 Å². The maximum absolute atomic E-state index is 11.8. The molecular weight excluding hydrogens is 1010 g/mol. The van der Waals surface area contributed by atoms with Crippen molar-refractivity contribution >= 4 is 11.0 Å². The van der Waals surface area contributed by atoms with Gasteiger partial charge in [-0.05, 0) is 128 Å². The van der Waals surface area contributed by atoms with Gasteiger partial charge in [-0.2, -0.15) is 0 Å². The van der Waals surface area contributed by atoms with E-state index in [0.717, 1.165) is 61.3 Å². The Morgan fingerprint density at radius 2 is 1.12 bits per heavy atom. The Hall–Kier alpha value is -6.35. The van der Waals surface area contributed by atoms with E-state index in [1.165, 1.54) is 16.7 Å². The van der Waals surface area contributed by atoms with Gasteiger partial charge in [0.15, 0.2) is 0 Å². The molecule has 0 aliphatic rings. The van der Waals surface area contributed by atoms with Crippen molar-refractivity contribution in [3.63, 3.8) is 0 Å². The standard InChI is InChI=1S/C63H62N3O.Pt/c1-39-29-41(3)59(67)54(30-39)60-65-58-53(19-16-20-57(58)66(60)56-26-25-45(31-40(56)2)47-33-51(62(7,8)9)38-52(34-47)63(10,11)12)48-32-49(36-50(35-48)61(4,5)6)55-37-46(27-28-64-55)44-23-21-43(22-24-44)42-17-14-13-15-18-42;/h13-31,33-38,67H,1-12H3;/q-1;/i2D3;. The molecule has 0 unspecified atom stereocenters. The molecule has 0 spiro atoms. The fourth-order valence-corrected chi connectivity index (χ4v) is 8.97. The molecule has 0 aliphatic carbocycles. The Bertz CT molecular complexity index is 3410. The number of aromatic hydroxyl groups is 1. The predicted octanol–water partition coefficient (Wildman–Crippen LogP) is 16.7. The van der Waals surface area contributed by atoms with Crippen LogP contribution in [0.5, 0.6) is 5.75 Å². The molecule has 0 fully saturated rings. The number of pyridine rings is 1. The fraction of sp³-hybridized carbons (Fsp3) is 0.238. The van der Waals surface area contributed by atoms with Crippen LogP contribution in [0.15, 0.2) is 152 Å². The zero-order chi connectivity index (χ0) is 50.1. The van der Waals surface area contributed by atoms with Gasteiger partial charge >= 0.3 is 0 Å². The summed E-state index contributed by atoms with van der Waals surface area (Å²) in [5.41, 5.74) is 16.7. The zero-order valence-electron chi connectivity index (χ0n) is 44.0. The molecule has 4 nitrogen and oxygen atoms in total. The first-order valence-electron chi connectivity index (χ1n) is 24.8. The quantitative estimate of drug-likeness (QED) is 0.162. The molecule has 0 aliphatic heterocycles. The summed E-state index contributed by atoms with van der Waals surface area (Å²) in [4.78, 5) is 10.3. The molecule has 2 aromatic heterocycles. The number of benzene rings is 7. The van der Waals surface area contributed by atoms with Gasteiger partial charge in [-0.3, -0.25) is 9.55 Å². The predicted molar refractivity (Wildman–Crippen MR) is 282 cm³/mol. The van der Waals surface area contributed by atoms with Gasteiger partial charge in [-0.1, -0.05) is 177 Å². The molecule has 0 radical (unpaired) electrons. The van der Waals surface area contributed by atoms with E-state index in [-0.39, 0.29) is 48.6 Å². The molecule has 68 heavy (non-hydrogen) atoms. The van der Waals surface area contributed by atoms with Crippen LogP contribution >= 0.6 is 0 Å². The van der Waals surface area contributed by atoms with Gasteiger partial charge in [0.1, 0.15) is 11.6 Å². The van der Waals surface area contributed by atoms with Crippen molar-refractivity contribution in [3.05, 3.63) is 191 Å². The van der Waals surface area contributed by atoms with Crippen molar-refractivity contribution in [3.8, 4) is 78.6 Å². The average molecular weight is 1080 g/mol. The molecule has 7 aromatic carbocycles. The van der Waals surface area contributed by atoms with Crippen molar-refractivity contribution in [1.29, 1.82) is 0 Å². The smallest absolute Gasteiger partial charge is 0.148 e. The summed E-state index contributed by atoms with van der Waals surface area (Å²) in [5, 5.41) is 11.8. The molecule has 0 amide bonds. The van der Waals surface area contributed by atoms with E-state index in [4.69, 9.17) is 14.1 Å². The maximum Gasteiger partial charge on any atom is 0.148 e. The first-order valence-corrected chi connectivity index (χ1v) is 23.3. The Balaban J connectivity index is 0.00000676. The molecule has 5 heteroatoms. The van der Waals surface area contributed by atoms with E-state index in [0.29, 0.717) is 33.7 Å². The third kappa shape index (κ3) is 9.54. The van der Waals surface area contributed by atoms with Crippen molar-refractivity contribution in [2.45, 2.75) is 99.3 Å². The van der Waals surface area contributed by atoms with Crippen molar-refractivity contribution < 1.29 is 30.3 Å². The Morgan fingerprint density at radius 1 is 0.529 bits per heavy atom. The van der Waals surface area contributed by atoms with Crippen LogP contribution in [0.1, 0.15) is 99.8 Å². The summed E-state index contributed by atoms with van der Waals surface area (Å²) >= 11 is 0. The van der Waals surface area contributed by atoms with Crippen molar-refractivity contribution in [1.82, 2.24) is 14.5 Å². The van der Waals surface area contributed by atoms with Gasteiger partial charge in [0.2, 0.25) is 0 Å². The number of phenols is 1. The molecule has 0 saturated heterocycles. The number of imidazole rings is 1. The second kappa shape index (κ2) is 18.3. The van der Waals surface area contributed by atoms with E-state index in [1.54, 1.807) is 0 Å². The number of fused-ring (bicyclic) bond motifs is 1. The van der Waals surface area contributed by atoms with Crippen molar-refractivity contribution in [2.75, 3.05) is 0 Å². The molecule has 0 saturated carbocycles. The summed E-state index contributed by atoms with van der Waals surface area (Å²) < 4.78 is 29.1. The van der Waals surface area contributed by atoms with E-state index in [2.05, 4.69) is 153 Å². The normalized spacial score (nSPS) is 12.9. The van der Waals surface area contributed by atoms with Crippen LogP contribution in [0, 0.1) is 26.8 Å². The second-order valence-corrected chi connectivity index (χ2v) is 21.3. The molecule has 0 bridgehead atoms. The van der Waals surface area contributed by atoms with Gasteiger partial charge in [0.05, 0.1) is 22.3 Å². The average Bonchev–Trinajstić information content (AvgIpc) is 3.71. The van der Waals surface area contributed by atoms with Gasteiger partial charge in [-0.15, -0.1) is 29.3 Å². The molecule has 2 heterocycles. The minimum Gasteiger partial charge on any atom is -0.507 e. The second-order valence-electron chi connectivity index (χ2n) is 21.3. The largest absolute Gasteiger partial charge is 0.507 e. The molecule has 9 aromatic rings. The summed E-state index contributed by atoms with van der Waals surface area (Å²) in [6.07, 6.45) is 1.86. The molecule has 346 valence electrons. The van der Waals surface area contributed by atoms with E-state index in [9.17, 15) is 5.11 Å². The number of phenolic OH excluding ortho intramolecular Hbond substituents is 1. The number of hydrogen-bond donors (Lipinski definition) is 1. The summed E-state index contributed by atoms with van der Waals surface area (Å²) in [5.74, 6) is 0.531. The van der Waals surface area contributed by atoms with Gasteiger partial charge in [-0.25, -0.2) is 4.98 Å². The topological polar surface area (TPSA) is 50.9 Å². The van der Waals surface area contributed by atoms with Crippen LogP contribution in [0.25, 0.3) is 83.9 Å². The Morgan fingerprint density at radius 3 is 1.76 bits per heavy atom. The number of para-hydroxylation sites is 1. The summed E-state index contributed by atoms with van der Waals surface area (Å²) in [6.45, 7) is 21.2. The van der Waals surface area contributed by atoms with Crippen LogP contribution in [-0.2, 0) is 37.3 Å².